The fraction of sp³-hybridized carbons (Fsp3) is 0.111. The van der Waals surface area contributed by atoms with Gasteiger partial charge in [0.05, 0.1) is 11.9 Å². The SMILES string of the molecule is CN(C)c1ccc(/C=N/Nc2nc(-c3ccc(Cl)cc3)cs2)cc1. The predicted octanol–water partition coefficient (Wildman–Crippen LogP) is 4.98. The lowest BCUT2D eigenvalue weighted by molar-refractivity contribution is 1.13. The molecule has 6 heteroatoms. The molecule has 0 radical (unpaired) electrons. The minimum atomic E-state index is 0.720. The fourth-order valence-corrected chi connectivity index (χ4v) is 2.89. The molecule has 0 amide bonds. The van der Waals surface area contributed by atoms with Crippen molar-refractivity contribution in [1.82, 2.24) is 4.98 Å². The van der Waals surface area contributed by atoms with Crippen molar-refractivity contribution < 1.29 is 0 Å². The minimum Gasteiger partial charge on any atom is -0.378 e. The van der Waals surface area contributed by atoms with Crippen LogP contribution >= 0.6 is 22.9 Å². The van der Waals surface area contributed by atoms with E-state index < -0.39 is 0 Å². The maximum absolute atomic E-state index is 5.91. The second-order valence-electron chi connectivity index (χ2n) is 5.40. The summed E-state index contributed by atoms with van der Waals surface area (Å²) in [6.45, 7) is 0. The van der Waals surface area contributed by atoms with E-state index in [1.165, 1.54) is 11.3 Å². The largest absolute Gasteiger partial charge is 0.378 e. The maximum Gasteiger partial charge on any atom is 0.203 e. The van der Waals surface area contributed by atoms with Crippen molar-refractivity contribution in [3.05, 3.63) is 64.5 Å². The first-order valence-corrected chi connectivity index (χ1v) is 8.65. The number of thiazole rings is 1. The normalized spacial score (nSPS) is 11.0. The van der Waals surface area contributed by atoms with E-state index in [0.29, 0.717) is 0 Å². The van der Waals surface area contributed by atoms with Gasteiger partial charge in [0.25, 0.3) is 0 Å². The van der Waals surface area contributed by atoms with E-state index in [1.54, 1.807) is 6.21 Å². The molecule has 0 aliphatic carbocycles. The quantitative estimate of drug-likeness (QED) is 0.518. The third-order valence-electron chi connectivity index (χ3n) is 3.43. The Morgan fingerprint density at radius 2 is 1.79 bits per heavy atom. The van der Waals surface area contributed by atoms with E-state index in [4.69, 9.17) is 11.6 Å². The third-order valence-corrected chi connectivity index (χ3v) is 4.43. The van der Waals surface area contributed by atoms with Gasteiger partial charge >= 0.3 is 0 Å². The van der Waals surface area contributed by atoms with Gasteiger partial charge in [0, 0.05) is 35.7 Å². The number of anilines is 2. The van der Waals surface area contributed by atoms with Crippen LogP contribution in [-0.2, 0) is 0 Å². The Morgan fingerprint density at radius 3 is 2.46 bits per heavy atom. The molecule has 4 nitrogen and oxygen atoms in total. The standard InChI is InChI=1S/C18H17ClN4S/c1-23(2)16-9-3-13(4-10-16)11-20-22-18-21-17(12-24-18)14-5-7-15(19)8-6-14/h3-12H,1-2H3,(H,21,22)/b20-11+. The van der Waals surface area contributed by atoms with E-state index in [2.05, 4.69) is 32.5 Å². The molecule has 0 unspecified atom stereocenters. The van der Waals surface area contributed by atoms with Gasteiger partial charge in [-0.15, -0.1) is 11.3 Å². The van der Waals surface area contributed by atoms with Gasteiger partial charge in [-0.2, -0.15) is 5.10 Å². The number of hydrazone groups is 1. The molecule has 0 fully saturated rings. The highest BCUT2D eigenvalue weighted by Gasteiger charge is 2.03. The molecule has 1 N–H and O–H groups in total. The first kappa shape index (κ1) is 16.5. The zero-order chi connectivity index (χ0) is 16.9. The number of rotatable bonds is 5. The molecule has 0 saturated heterocycles. The average molecular weight is 357 g/mol. The van der Waals surface area contributed by atoms with Crippen LogP contribution < -0.4 is 10.3 Å². The number of hydrogen-bond donors (Lipinski definition) is 1. The molecule has 1 heterocycles. The van der Waals surface area contributed by atoms with Crippen LogP contribution in [0, 0.1) is 0 Å². The van der Waals surface area contributed by atoms with Gasteiger partial charge in [-0.1, -0.05) is 35.9 Å². The van der Waals surface area contributed by atoms with Crippen LogP contribution in [-0.4, -0.2) is 25.3 Å². The lowest BCUT2D eigenvalue weighted by Gasteiger charge is -2.11. The van der Waals surface area contributed by atoms with Crippen molar-refractivity contribution in [2.75, 3.05) is 24.4 Å². The average Bonchev–Trinajstić information content (AvgIpc) is 3.05. The Hall–Kier alpha value is -2.37. The van der Waals surface area contributed by atoms with Crippen molar-refractivity contribution in [2.24, 2.45) is 5.10 Å². The summed E-state index contributed by atoms with van der Waals surface area (Å²) in [7, 11) is 4.04. The molecule has 0 atom stereocenters. The molecular formula is C18H17ClN4S. The van der Waals surface area contributed by atoms with Gasteiger partial charge in [-0.3, -0.25) is 5.43 Å². The van der Waals surface area contributed by atoms with Gasteiger partial charge in [0.15, 0.2) is 0 Å². The molecule has 0 saturated carbocycles. The Balaban J connectivity index is 1.63. The fourth-order valence-electron chi connectivity index (χ4n) is 2.10. The second kappa shape index (κ2) is 7.47. The molecule has 3 rings (SSSR count). The number of nitrogens with zero attached hydrogens (tertiary/aromatic N) is 3. The zero-order valence-electron chi connectivity index (χ0n) is 13.4. The number of halogens is 1. The van der Waals surface area contributed by atoms with E-state index in [0.717, 1.165) is 32.7 Å². The Labute approximate surface area is 150 Å². The van der Waals surface area contributed by atoms with Crippen LogP contribution in [0.4, 0.5) is 10.8 Å². The molecule has 2 aromatic carbocycles. The summed E-state index contributed by atoms with van der Waals surface area (Å²) in [4.78, 5) is 6.59. The van der Waals surface area contributed by atoms with E-state index in [1.807, 2.05) is 55.9 Å². The molecular weight excluding hydrogens is 340 g/mol. The maximum atomic E-state index is 5.91. The summed E-state index contributed by atoms with van der Waals surface area (Å²) >= 11 is 7.42. The molecule has 0 aliphatic rings. The van der Waals surface area contributed by atoms with Crippen molar-refractivity contribution in [2.45, 2.75) is 0 Å². The van der Waals surface area contributed by atoms with Crippen LogP contribution in [0.3, 0.4) is 0 Å². The van der Waals surface area contributed by atoms with Gasteiger partial charge in [0.2, 0.25) is 5.13 Å². The second-order valence-corrected chi connectivity index (χ2v) is 6.70. The summed E-state index contributed by atoms with van der Waals surface area (Å²) in [5, 5.41) is 7.71. The predicted molar refractivity (Wildman–Crippen MR) is 105 cm³/mol. The number of benzene rings is 2. The molecule has 0 bridgehead atoms. The Morgan fingerprint density at radius 1 is 1.08 bits per heavy atom. The molecule has 122 valence electrons. The number of hydrogen-bond acceptors (Lipinski definition) is 5. The monoisotopic (exact) mass is 356 g/mol. The van der Waals surface area contributed by atoms with Crippen LogP contribution in [0.1, 0.15) is 5.56 Å². The van der Waals surface area contributed by atoms with Crippen molar-refractivity contribution in [3.8, 4) is 11.3 Å². The van der Waals surface area contributed by atoms with Gasteiger partial charge in [-0.05, 0) is 29.8 Å². The summed E-state index contributed by atoms with van der Waals surface area (Å²) in [5.41, 5.74) is 7.10. The van der Waals surface area contributed by atoms with E-state index in [9.17, 15) is 0 Å². The van der Waals surface area contributed by atoms with Gasteiger partial charge in [-0.25, -0.2) is 4.98 Å². The topological polar surface area (TPSA) is 40.5 Å². The zero-order valence-corrected chi connectivity index (χ0v) is 15.0. The Kier molecular flexibility index (Phi) is 5.13. The Bertz CT molecular complexity index is 823. The van der Waals surface area contributed by atoms with Crippen LogP contribution in [0.2, 0.25) is 5.02 Å². The summed E-state index contributed by atoms with van der Waals surface area (Å²) in [6, 6.07) is 15.8. The van der Waals surface area contributed by atoms with E-state index >= 15 is 0 Å². The molecule has 1 aromatic heterocycles. The summed E-state index contributed by atoms with van der Waals surface area (Å²) in [5.74, 6) is 0. The lowest BCUT2D eigenvalue weighted by atomic mass is 10.2. The number of aromatic nitrogens is 1. The van der Waals surface area contributed by atoms with Gasteiger partial charge < -0.3 is 4.90 Å². The smallest absolute Gasteiger partial charge is 0.203 e. The summed E-state index contributed by atoms with van der Waals surface area (Å²) in [6.07, 6.45) is 1.78. The molecule has 3 aromatic rings. The summed E-state index contributed by atoms with van der Waals surface area (Å²) < 4.78 is 0. The van der Waals surface area contributed by atoms with Gasteiger partial charge in [0.1, 0.15) is 0 Å². The number of nitrogens with one attached hydrogen (secondary N) is 1. The highest BCUT2D eigenvalue weighted by molar-refractivity contribution is 7.14. The van der Waals surface area contributed by atoms with Crippen molar-refractivity contribution >= 4 is 40.0 Å². The minimum absolute atomic E-state index is 0.720. The van der Waals surface area contributed by atoms with Crippen molar-refractivity contribution in [3.63, 3.8) is 0 Å². The lowest BCUT2D eigenvalue weighted by Crippen LogP contribution is -2.08. The van der Waals surface area contributed by atoms with Crippen molar-refractivity contribution in [1.29, 1.82) is 0 Å². The molecule has 0 aliphatic heterocycles. The molecule has 0 spiro atoms. The first-order chi connectivity index (χ1) is 11.6. The van der Waals surface area contributed by atoms with Crippen LogP contribution in [0.25, 0.3) is 11.3 Å². The highest BCUT2D eigenvalue weighted by Crippen LogP contribution is 2.25. The van der Waals surface area contributed by atoms with Crippen LogP contribution in [0.15, 0.2) is 59.0 Å². The highest BCUT2D eigenvalue weighted by atomic mass is 35.5. The third kappa shape index (κ3) is 4.13. The van der Waals surface area contributed by atoms with E-state index in [-0.39, 0.29) is 0 Å². The molecule has 24 heavy (non-hydrogen) atoms. The van der Waals surface area contributed by atoms with Crippen LogP contribution in [0.5, 0.6) is 0 Å². The first-order valence-electron chi connectivity index (χ1n) is 7.40.